The van der Waals surface area contributed by atoms with Crippen LogP contribution in [0, 0.1) is 17.3 Å². The van der Waals surface area contributed by atoms with Crippen LogP contribution >= 0.6 is 15.9 Å². The lowest BCUT2D eigenvalue weighted by atomic mass is 9.68. The summed E-state index contributed by atoms with van der Waals surface area (Å²) in [6.07, 6.45) is 3.64. The monoisotopic (exact) mass is 352 g/mol. The molecular formula is C18H25BrO2. The summed E-state index contributed by atoms with van der Waals surface area (Å²) in [4.78, 5) is 12.1. The molecule has 0 saturated heterocycles. The highest BCUT2D eigenvalue weighted by molar-refractivity contribution is 9.10. The summed E-state index contributed by atoms with van der Waals surface area (Å²) in [6.45, 7) is 7.46. The number of halogens is 1. The fraction of sp³-hybridized carbons (Fsp3) is 0.611. The summed E-state index contributed by atoms with van der Waals surface area (Å²) < 4.78 is 6.79. The average molecular weight is 353 g/mol. The van der Waals surface area contributed by atoms with Crippen LogP contribution < -0.4 is 4.74 Å². The zero-order chi connectivity index (χ0) is 15.5. The minimum absolute atomic E-state index is 0.176. The van der Waals surface area contributed by atoms with E-state index >= 15 is 0 Å². The van der Waals surface area contributed by atoms with Crippen LogP contribution in [0.5, 0.6) is 5.75 Å². The fourth-order valence-corrected chi connectivity index (χ4v) is 3.43. The highest BCUT2D eigenvalue weighted by atomic mass is 79.9. The van der Waals surface area contributed by atoms with Gasteiger partial charge in [-0.25, -0.2) is 0 Å². The summed E-state index contributed by atoms with van der Waals surface area (Å²) in [6, 6.07) is 7.85. The largest absolute Gasteiger partial charge is 0.494 e. The molecule has 0 spiro atoms. The fourth-order valence-electron chi connectivity index (χ4n) is 3.05. The number of carbonyl (C=O) groups excluding carboxylic acids is 1. The molecule has 1 saturated carbocycles. The van der Waals surface area contributed by atoms with E-state index in [2.05, 4.69) is 36.7 Å². The third-order valence-corrected chi connectivity index (χ3v) is 5.01. The Labute approximate surface area is 136 Å². The van der Waals surface area contributed by atoms with E-state index in [0.29, 0.717) is 23.7 Å². The van der Waals surface area contributed by atoms with Gasteiger partial charge in [0.1, 0.15) is 11.5 Å². The number of carbonyl (C=O) groups is 1. The lowest BCUT2D eigenvalue weighted by Crippen LogP contribution is -2.32. The smallest absolute Gasteiger partial charge is 0.136 e. The molecule has 1 fully saturated rings. The maximum atomic E-state index is 12.1. The highest BCUT2D eigenvalue weighted by Gasteiger charge is 2.34. The molecule has 0 radical (unpaired) electrons. The van der Waals surface area contributed by atoms with Crippen molar-refractivity contribution in [2.24, 2.45) is 17.3 Å². The number of ether oxygens (including phenoxy) is 1. The van der Waals surface area contributed by atoms with Crippen molar-refractivity contribution in [3.8, 4) is 5.75 Å². The molecule has 2 nitrogen and oxygen atoms in total. The molecule has 21 heavy (non-hydrogen) atoms. The molecule has 1 aromatic carbocycles. The van der Waals surface area contributed by atoms with E-state index in [1.165, 1.54) is 0 Å². The molecule has 0 aromatic heterocycles. The van der Waals surface area contributed by atoms with Crippen LogP contribution in [-0.2, 0) is 4.79 Å². The van der Waals surface area contributed by atoms with E-state index in [1.54, 1.807) is 0 Å². The second-order valence-electron chi connectivity index (χ2n) is 7.10. The van der Waals surface area contributed by atoms with E-state index in [0.717, 1.165) is 35.9 Å². The third-order valence-electron chi connectivity index (χ3n) is 4.52. The molecule has 3 heteroatoms. The lowest BCUT2D eigenvalue weighted by molar-refractivity contribution is -0.127. The highest BCUT2D eigenvalue weighted by Crippen LogP contribution is 2.39. The van der Waals surface area contributed by atoms with Gasteiger partial charge >= 0.3 is 0 Å². The summed E-state index contributed by atoms with van der Waals surface area (Å²) in [5.74, 6) is 2.11. The second-order valence-corrected chi connectivity index (χ2v) is 8.01. The molecule has 0 aliphatic heterocycles. The van der Waals surface area contributed by atoms with Gasteiger partial charge < -0.3 is 4.74 Å². The predicted molar refractivity (Wildman–Crippen MR) is 89.5 cm³/mol. The van der Waals surface area contributed by atoms with Gasteiger partial charge in [-0.15, -0.1) is 0 Å². The minimum atomic E-state index is 0.176. The van der Waals surface area contributed by atoms with Gasteiger partial charge in [0.05, 0.1) is 6.61 Å². The van der Waals surface area contributed by atoms with Crippen molar-refractivity contribution < 1.29 is 9.53 Å². The van der Waals surface area contributed by atoms with Crippen molar-refractivity contribution in [3.05, 3.63) is 28.7 Å². The van der Waals surface area contributed by atoms with Gasteiger partial charge in [0.2, 0.25) is 0 Å². The molecule has 0 N–H and O–H groups in total. The summed E-state index contributed by atoms with van der Waals surface area (Å²) in [5.41, 5.74) is 0.296. The zero-order valence-electron chi connectivity index (χ0n) is 13.2. The average Bonchev–Trinajstić information content (AvgIpc) is 2.39. The van der Waals surface area contributed by atoms with Gasteiger partial charge in [-0.2, -0.15) is 0 Å². The quantitative estimate of drug-likeness (QED) is 0.739. The number of rotatable bonds is 4. The number of hydrogen-bond acceptors (Lipinski definition) is 2. The van der Waals surface area contributed by atoms with E-state index in [9.17, 15) is 4.79 Å². The van der Waals surface area contributed by atoms with Crippen molar-refractivity contribution in [1.82, 2.24) is 0 Å². The van der Waals surface area contributed by atoms with Crippen LogP contribution in [0.25, 0.3) is 0 Å². The molecule has 2 unspecified atom stereocenters. The Hall–Kier alpha value is -0.830. The molecule has 116 valence electrons. The number of benzene rings is 1. The van der Waals surface area contributed by atoms with Gasteiger partial charge in [-0.05, 0) is 48.8 Å². The summed E-state index contributed by atoms with van der Waals surface area (Å²) >= 11 is 3.44. The van der Waals surface area contributed by atoms with E-state index in [-0.39, 0.29) is 5.92 Å². The lowest BCUT2D eigenvalue weighted by Gasteiger charge is -2.37. The minimum Gasteiger partial charge on any atom is -0.494 e. The Kier molecular flexibility index (Phi) is 5.48. The van der Waals surface area contributed by atoms with E-state index < -0.39 is 0 Å². The Morgan fingerprint density at radius 3 is 2.76 bits per heavy atom. The maximum Gasteiger partial charge on any atom is 0.136 e. The molecule has 0 heterocycles. The van der Waals surface area contributed by atoms with Crippen molar-refractivity contribution in [2.45, 2.75) is 46.5 Å². The Morgan fingerprint density at radius 2 is 2.10 bits per heavy atom. The molecule has 1 aromatic rings. The van der Waals surface area contributed by atoms with Gasteiger partial charge in [-0.1, -0.05) is 42.8 Å². The van der Waals surface area contributed by atoms with Crippen LogP contribution in [0.3, 0.4) is 0 Å². The second kappa shape index (κ2) is 6.95. The van der Waals surface area contributed by atoms with E-state index in [1.807, 2.05) is 24.3 Å². The molecular weight excluding hydrogens is 328 g/mol. The van der Waals surface area contributed by atoms with Crippen molar-refractivity contribution in [1.29, 1.82) is 0 Å². The normalized spacial score (nSPS) is 23.1. The van der Waals surface area contributed by atoms with Crippen molar-refractivity contribution in [2.75, 3.05) is 6.61 Å². The topological polar surface area (TPSA) is 26.3 Å². The van der Waals surface area contributed by atoms with Gasteiger partial charge in [-0.3, -0.25) is 4.79 Å². The molecule has 1 aliphatic carbocycles. The first-order chi connectivity index (χ1) is 9.86. The van der Waals surface area contributed by atoms with Gasteiger partial charge in [0, 0.05) is 16.8 Å². The Bertz CT molecular complexity index is 490. The first-order valence-electron chi connectivity index (χ1n) is 7.77. The van der Waals surface area contributed by atoms with Crippen LogP contribution in [0.4, 0.5) is 0 Å². The maximum absolute atomic E-state index is 12.1. The molecule has 0 bridgehead atoms. The van der Waals surface area contributed by atoms with Crippen molar-refractivity contribution >= 4 is 21.7 Å². The van der Waals surface area contributed by atoms with Crippen LogP contribution in [0.2, 0.25) is 0 Å². The van der Waals surface area contributed by atoms with Gasteiger partial charge in [0.25, 0.3) is 0 Å². The molecule has 0 amide bonds. The van der Waals surface area contributed by atoms with Crippen LogP contribution in [-0.4, -0.2) is 12.4 Å². The molecule has 2 atom stereocenters. The van der Waals surface area contributed by atoms with Crippen molar-refractivity contribution in [3.63, 3.8) is 0 Å². The van der Waals surface area contributed by atoms with Crippen LogP contribution in [0.1, 0.15) is 46.5 Å². The Balaban J connectivity index is 1.85. The Morgan fingerprint density at radius 1 is 1.33 bits per heavy atom. The SMILES string of the molecule is CC(C)(C)C1CCC(=O)C(CCOc2cccc(Br)c2)C1. The first kappa shape index (κ1) is 16.5. The summed E-state index contributed by atoms with van der Waals surface area (Å²) in [7, 11) is 0. The third kappa shape index (κ3) is 4.84. The standard InChI is InChI=1S/C18H25BrO2/c1-18(2,3)14-7-8-17(20)13(11-14)9-10-21-16-6-4-5-15(19)12-16/h4-6,12-14H,7-11H2,1-3H3. The first-order valence-corrected chi connectivity index (χ1v) is 8.56. The van der Waals surface area contributed by atoms with E-state index in [4.69, 9.17) is 4.74 Å². The number of ketones is 1. The van der Waals surface area contributed by atoms with Crippen LogP contribution in [0.15, 0.2) is 28.7 Å². The number of Topliss-reactive ketones (excluding diaryl/α,β-unsaturated/α-hetero) is 1. The van der Waals surface area contributed by atoms with Gasteiger partial charge in [0.15, 0.2) is 0 Å². The predicted octanol–water partition coefficient (Wildman–Crippen LogP) is 5.25. The molecule has 2 rings (SSSR count). The summed E-state index contributed by atoms with van der Waals surface area (Å²) in [5, 5.41) is 0. The molecule has 1 aliphatic rings. The zero-order valence-corrected chi connectivity index (χ0v) is 14.8. The number of hydrogen-bond donors (Lipinski definition) is 0.